The third-order valence-corrected chi connectivity index (χ3v) is 4.70. The predicted octanol–water partition coefficient (Wildman–Crippen LogP) is 4.17. The second-order valence-corrected chi connectivity index (χ2v) is 6.67. The Balaban J connectivity index is 1.53. The molecule has 4 heteroatoms. The molecule has 1 aliphatic heterocycles. The van der Waals surface area contributed by atoms with Crippen LogP contribution in [-0.4, -0.2) is 17.1 Å². The summed E-state index contributed by atoms with van der Waals surface area (Å²) in [6, 6.07) is 18.2. The summed E-state index contributed by atoms with van der Waals surface area (Å²) >= 11 is 0. The van der Waals surface area contributed by atoms with Crippen molar-refractivity contribution >= 4 is 11.6 Å². The molecule has 0 saturated carbocycles. The molecule has 4 nitrogen and oxygen atoms in total. The Kier molecular flexibility index (Phi) is 3.88. The van der Waals surface area contributed by atoms with Crippen molar-refractivity contribution in [1.82, 2.24) is 5.16 Å². The average molecular weight is 332 g/mol. The van der Waals surface area contributed by atoms with Crippen molar-refractivity contribution in [1.29, 1.82) is 0 Å². The van der Waals surface area contributed by atoms with Crippen LogP contribution in [0.1, 0.15) is 23.7 Å². The Morgan fingerprint density at radius 1 is 1.20 bits per heavy atom. The minimum absolute atomic E-state index is 0.0567. The van der Waals surface area contributed by atoms with Gasteiger partial charge in [0.1, 0.15) is 0 Å². The van der Waals surface area contributed by atoms with Gasteiger partial charge >= 0.3 is 0 Å². The molecule has 1 aliphatic rings. The number of anilines is 1. The average Bonchev–Trinajstić information content (AvgIpc) is 3.18. The van der Waals surface area contributed by atoms with Crippen LogP contribution in [0.2, 0.25) is 0 Å². The SMILES string of the molecule is Cc1ccc(-c2cc(CC(=O)N3c4ccccc4C[C@@H]3C)no2)cc1. The van der Waals surface area contributed by atoms with E-state index in [0.29, 0.717) is 11.5 Å². The van der Waals surface area contributed by atoms with E-state index in [1.807, 2.05) is 60.4 Å². The van der Waals surface area contributed by atoms with Crippen LogP contribution in [-0.2, 0) is 17.6 Å². The fraction of sp³-hybridized carbons (Fsp3) is 0.238. The van der Waals surface area contributed by atoms with E-state index in [1.54, 1.807) is 0 Å². The number of hydrogen-bond acceptors (Lipinski definition) is 3. The molecule has 3 aromatic rings. The van der Waals surface area contributed by atoms with Crippen molar-refractivity contribution in [3.63, 3.8) is 0 Å². The van der Waals surface area contributed by atoms with Crippen LogP contribution in [0.5, 0.6) is 0 Å². The van der Waals surface area contributed by atoms with E-state index in [1.165, 1.54) is 11.1 Å². The molecule has 0 fully saturated rings. The number of carbonyl (C=O) groups is 1. The number of aromatic nitrogens is 1. The zero-order valence-corrected chi connectivity index (χ0v) is 14.4. The Morgan fingerprint density at radius 3 is 2.76 bits per heavy atom. The van der Waals surface area contributed by atoms with Gasteiger partial charge in [0, 0.05) is 23.4 Å². The molecule has 1 atom stereocenters. The minimum atomic E-state index is 0.0567. The first kappa shape index (κ1) is 15.6. The van der Waals surface area contributed by atoms with E-state index in [4.69, 9.17) is 4.52 Å². The van der Waals surface area contributed by atoms with Gasteiger partial charge in [0.15, 0.2) is 5.76 Å². The number of nitrogens with zero attached hydrogens (tertiary/aromatic N) is 2. The molecule has 0 N–H and O–H groups in total. The van der Waals surface area contributed by atoms with Gasteiger partial charge in [0.05, 0.1) is 12.1 Å². The van der Waals surface area contributed by atoms with Crippen molar-refractivity contribution < 1.29 is 9.32 Å². The van der Waals surface area contributed by atoms with E-state index < -0.39 is 0 Å². The number of fused-ring (bicyclic) bond motifs is 1. The molecular weight excluding hydrogens is 312 g/mol. The van der Waals surface area contributed by atoms with Gasteiger partial charge in [-0.05, 0) is 31.9 Å². The van der Waals surface area contributed by atoms with Crippen LogP contribution < -0.4 is 4.90 Å². The fourth-order valence-corrected chi connectivity index (χ4v) is 3.43. The molecule has 0 saturated heterocycles. The lowest BCUT2D eigenvalue weighted by Gasteiger charge is -2.22. The largest absolute Gasteiger partial charge is 0.356 e. The maximum atomic E-state index is 12.8. The van der Waals surface area contributed by atoms with Crippen LogP contribution in [0.3, 0.4) is 0 Å². The van der Waals surface area contributed by atoms with Gasteiger partial charge in [0.25, 0.3) is 0 Å². The molecule has 1 aromatic heterocycles. The van der Waals surface area contributed by atoms with Crippen LogP contribution in [0.25, 0.3) is 11.3 Å². The molecule has 0 spiro atoms. The van der Waals surface area contributed by atoms with Crippen LogP contribution in [0.15, 0.2) is 59.1 Å². The monoisotopic (exact) mass is 332 g/mol. The summed E-state index contributed by atoms with van der Waals surface area (Å²) in [4.78, 5) is 14.7. The van der Waals surface area contributed by atoms with Gasteiger partial charge in [-0.1, -0.05) is 53.2 Å². The number of carbonyl (C=O) groups excluding carboxylic acids is 1. The first-order chi connectivity index (χ1) is 12.1. The molecule has 2 heterocycles. The highest BCUT2D eigenvalue weighted by atomic mass is 16.5. The van der Waals surface area contributed by atoms with E-state index in [-0.39, 0.29) is 18.4 Å². The van der Waals surface area contributed by atoms with Crippen molar-refractivity contribution in [2.45, 2.75) is 32.7 Å². The lowest BCUT2D eigenvalue weighted by molar-refractivity contribution is -0.118. The zero-order chi connectivity index (χ0) is 17.4. The maximum absolute atomic E-state index is 12.8. The number of aryl methyl sites for hydroxylation is 1. The molecule has 126 valence electrons. The summed E-state index contributed by atoms with van der Waals surface area (Å²) in [5.74, 6) is 0.749. The first-order valence-corrected chi connectivity index (χ1v) is 8.54. The Hall–Kier alpha value is -2.88. The summed E-state index contributed by atoms with van der Waals surface area (Å²) in [7, 11) is 0. The molecule has 2 aromatic carbocycles. The molecule has 0 radical (unpaired) electrons. The molecule has 1 amide bonds. The standard InChI is InChI=1S/C21H20N2O2/c1-14-7-9-16(10-8-14)20-12-18(22-25-20)13-21(24)23-15(2)11-17-5-3-4-6-19(17)23/h3-10,12,15H,11,13H2,1-2H3/t15-/m0/s1. The summed E-state index contributed by atoms with van der Waals surface area (Å²) in [5, 5.41) is 4.08. The number of amides is 1. The van der Waals surface area contributed by atoms with Crippen LogP contribution in [0, 0.1) is 6.92 Å². The number of rotatable bonds is 3. The second kappa shape index (κ2) is 6.20. The fourth-order valence-electron chi connectivity index (χ4n) is 3.43. The number of hydrogen-bond donors (Lipinski definition) is 0. The Labute approximate surface area is 147 Å². The normalized spacial score (nSPS) is 16.1. The smallest absolute Gasteiger partial charge is 0.233 e. The quantitative estimate of drug-likeness (QED) is 0.723. The highest BCUT2D eigenvalue weighted by Gasteiger charge is 2.30. The zero-order valence-electron chi connectivity index (χ0n) is 14.4. The highest BCUT2D eigenvalue weighted by Crippen LogP contribution is 2.32. The predicted molar refractivity (Wildman–Crippen MR) is 97.5 cm³/mol. The van der Waals surface area contributed by atoms with Crippen molar-refractivity contribution in [3.8, 4) is 11.3 Å². The van der Waals surface area contributed by atoms with E-state index in [9.17, 15) is 4.79 Å². The number of para-hydroxylation sites is 1. The minimum Gasteiger partial charge on any atom is -0.356 e. The van der Waals surface area contributed by atoms with Gasteiger partial charge in [-0.2, -0.15) is 0 Å². The topological polar surface area (TPSA) is 46.3 Å². The molecular formula is C21H20N2O2. The van der Waals surface area contributed by atoms with Gasteiger partial charge in [-0.3, -0.25) is 4.79 Å². The lowest BCUT2D eigenvalue weighted by Crippen LogP contribution is -2.36. The Morgan fingerprint density at radius 2 is 1.96 bits per heavy atom. The summed E-state index contributed by atoms with van der Waals surface area (Å²) in [6.45, 7) is 4.13. The summed E-state index contributed by atoms with van der Waals surface area (Å²) in [5.41, 5.74) is 5.07. The summed E-state index contributed by atoms with van der Waals surface area (Å²) < 4.78 is 5.43. The third-order valence-electron chi connectivity index (χ3n) is 4.70. The van der Waals surface area contributed by atoms with Crippen molar-refractivity contribution in [2.75, 3.05) is 4.90 Å². The lowest BCUT2D eigenvalue weighted by atomic mass is 10.1. The van der Waals surface area contributed by atoms with E-state index >= 15 is 0 Å². The van der Waals surface area contributed by atoms with Gasteiger partial charge < -0.3 is 9.42 Å². The molecule has 25 heavy (non-hydrogen) atoms. The van der Waals surface area contributed by atoms with Crippen molar-refractivity contribution in [3.05, 3.63) is 71.4 Å². The summed E-state index contributed by atoms with van der Waals surface area (Å²) in [6.07, 6.45) is 1.14. The second-order valence-electron chi connectivity index (χ2n) is 6.67. The molecule has 0 unspecified atom stereocenters. The van der Waals surface area contributed by atoms with Gasteiger partial charge in [0.2, 0.25) is 5.91 Å². The van der Waals surface area contributed by atoms with E-state index in [0.717, 1.165) is 17.7 Å². The third kappa shape index (κ3) is 2.95. The van der Waals surface area contributed by atoms with E-state index in [2.05, 4.69) is 18.1 Å². The molecule has 4 rings (SSSR count). The van der Waals surface area contributed by atoms with Crippen LogP contribution >= 0.6 is 0 Å². The molecule has 0 bridgehead atoms. The number of benzene rings is 2. The van der Waals surface area contributed by atoms with Gasteiger partial charge in [-0.15, -0.1) is 0 Å². The molecule has 0 aliphatic carbocycles. The maximum Gasteiger partial charge on any atom is 0.233 e. The first-order valence-electron chi connectivity index (χ1n) is 8.54. The van der Waals surface area contributed by atoms with Crippen LogP contribution in [0.4, 0.5) is 5.69 Å². The highest BCUT2D eigenvalue weighted by molar-refractivity contribution is 5.97. The van der Waals surface area contributed by atoms with Gasteiger partial charge in [-0.25, -0.2) is 0 Å². The van der Waals surface area contributed by atoms with Crippen molar-refractivity contribution in [2.24, 2.45) is 0 Å². The Bertz CT molecular complexity index is 912.